The van der Waals surface area contributed by atoms with Gasteiger partial charge in [0.2, 0.25) is 5.95 Å². The molecule has 0 bridgehead atoms. The number of alkyl halides is 5. The minimum Gasteiger partial charge on any atom is -0.356 e. The number of halogens is 5. The molecule has 2 atom stereocenters. The zero-order valence-electron chi connectivity index (χ0n) is 19.9. The topological polar surface area (TPSA) is 75.9 Å². The number of hydrogen-bond acceptors (Lipinski definition) is 5. The molecule has 3 aromatic heterocycles. The fourth-order valence-corrected chi connectivity index (χ4v) is 4.41. The molecule has 1 aliphatic heterocycles. The normalized spacial score (nSPS) is 19.8. The van der Waals surface area contributed by atoms with E-state index in [2.05, 4.69) is 20.3 Å². The molecule has 0 spiro atoms. The highest BCUT2D eigenvalue weighted by molar-refractivity contribution is 6.01. The first-order valence-electron chi connectivity index (χ1n) is 11.2. The van der Waals surface area contributed by atoms with Gasteiger partial charge in [0.25, 0.3) is 11.8 Å². The summed E-state index contributed by atoms with van der Waals surface area (Å²) in [6, 6.07) is 2.93. The van der Waals surface area contributed by atoms with Crippen LogP contribution in [0.5, 0.6) is 0 Å². The number of amides is 1. The monoisotopic (exact) mass is 508 g/mol. The number of carbonyl (C=O) groups excluding carboxylic acids is 1. The number of anilines is 1. The van der Waals surface area contributed by atoms with Gasteiger partial charge in [-0.15, -0.1) is 0 Å². The van der Waals surface area contributed by atoms with Crippen molar-refractivity contribution in [1.29, 1.82) is 0 Å². The van der Waals surface area contributed by atoms with Crippen LogP contribution in [0, 0.1) is 12.8 Å². The highest BCUT2D eigenvalue weighted by atomic mass is 19.4. The van der Waals surface area contributed by atoms with E-state index in [-0.39, 0.29) is 18.1 Å². The number of aryl methyl sites for hydroxylation is 2. The van der Waals surface area contributed by atoms with Gasteiger partial charge in [-0.1, -0.05) is 13.0 Å². The molecule has 0 radical (unpaired) electrons. The predicted octanol–water partition coefficient (Wildman–Crippen LogP) is 4.80. The molecule has 7 nitrogen and oxygen atoms in total. The SMILES string of the molecule is Cc1ccc(-c2cn(C)cc2C(=O)N2CC(F)(F)C[C@@H](C)[C@H]2CNc2ncc(C(F)(F)F)cn2)cn1. The van der Waals surface area contributed by atoms with Gasteiger partial charge in [0.15, 0.2) is 0 Å². The van der Waals surface area contributed by atoms with E-state index < -0.39 is 48.5 Å². The zero-order valence-corrected chi connectivity index (χ0v) is 19.9. The van der Waals surface area contributed by atoms with Crippen molar-refractivity contribution in [2.24, 2.45) is 13.0 Å². The van der Waals surface area contributed by atoms with E-state index in [0.29, 0.717) is 23.5 Å². The molecular weight excluding hydrogens is 483 g/mol. The Hall–Kier alpha value is -3.57. The number of rotatable bonds is 5. The molecule has 1 aliphatic rings. The van der Waals surface area contributed by atoms with Gasteiger partial charge in [-0.2, -0.15) is 13.2 Å². The smallest absolute Gasteiger partial charge is 0.356 e. The summed E-state index contributed by atoms with van der Waals surface area (Å²) in [6.07, 6.45) is 1.21. The van der Waals surface area contributed by atoms with Crippen molar-refractivity contribution in [3.05, 3.63) is 59.9 Å². The Morgan fingerprint density at radius 3 is 2.44 bits per heavy atom. The number of pyridine rings is 1. The second-order valence-corrected chi connectivity index (χ2v) is 9.15. The fraction of sp³-hybridized carbons (Fsp3) is 0.417. The highest BCUT2D eigenvalue weighted by Gasteiger charge is 2.46. The molecule has 0 unspecified atom stereocenters. The van der Waals surface area contributed by atoms with Gasteiger partial charge in [-0.25, -0.2) is 18.7 Å². The Morgan fingerprint density at radius 2 is 1.83 bits per heavy atom. The quantitative estimate of drug-likeness (QED) is 0.501. The largest absolute Gasteiger partial charge is 0.419 e. The molecule has 12 heteroatoms. The molecule has 1 amide bonds. The zero-order chi connectivity index (χ0) is 26.3. The van der Waals surface area contributed by atoms with Gasteiger partial charge in [-0.3, -0.25) is 9.78 Å². The summed E-state index contributed by atoms with van der Waals surface area (Å²) in [6.45, 7) is 2.65. The van der Waals surface area contributed by atoms with E-state index in [9.17, 15) is 26.7 Å². The van der Waals surface area contributed by atoms with Crippen LogP contribution in [-0.2, 0) is 13.2 Å². The number of aromatic nitrogens is 4. The van der Waals surface area contributed by atoms with Crippen molar-refractivity contribution in [2.75, 3.05) is 18.4 Å². The molecular formula is C24H25F5N6O. The first-order valence-corrected chi connectivity index (χ1v) is 11.2. The average Bonchev–Trinajstić information content (AvgIpc) is 3.19. The predicted molar refractivity (Wildman–Crippen MR) is 122 cm³/mol. The maximum atomic E-state index is 14.6. The van der Waals surface area contributed by atoms with E-state index >= 15 is 0 Å². The van der Waals surface area contributed by atoms with Gasteiger partial charge < -0.3 is 14.8 Å². The molecule has 1 fully saturated rings. The number of hydrogen-bond donors (Lipinski definition) is 1. The minimum absolute atomic E-state index is 0.0113. The summed E-state index contributed by atoms with van der Waals surface area (Å²) in [7, 11) is 1.73. The number of piperidine rings is 1. The van der Waals surface area contributed by atoms with E-state index in [1.165, 1.54) is 0 Å². The van der Waals surface area contributed by atoms with Crippen molar-refractivity contribution in [3.8, 4) is 11.1 Å². The van der Waals surface area contributed by atoms with Crippen molar-refractivity contribution in [2.45, 2.75) is 38.4 Å². The van der Waals surface area contributed by atoms with Crippen molar-refractivity contribution in [1.82, 2.24) is 24.4 Å². The molecule has 3 aromatic rings. The van der Waals surface area contributed by atoms with Crippen LogP contribution in [0.2, 0.25) is 0 Å². The Balaban J connectivity index is 1.60. The maximum absolute atomic E-state index is 14.6. The van der Waals surface area contributed by atoms with Gasteiger partial charge in [0.1, 0.15) is 0 Å². The van der Waals surface area contributed by atoms with Gasteiger partial charge >= 0.3 is 6.18 Å². The maximum Gasteiger partial charge on any atom is 0.419 e. The number of nitrogens with one attached hydrogen (secondary N) is 1. The lowest BCUT2D eigenvalue weighted by Crippen LogP contribution is -2.57. The van der Waals surface area contributed by atoms with Crippen LogP contribution in [0.4, 0.5) is 27.9 Å². The standard InChI is InChI=1S/C24H25F5N6O/c1-14-6-23(25,26)13-35(20(14)10-33-22-31-8-17(9-32-22)24(27,28)29)21(36)19-12-34(3)11-18(19)16-5-4-15(2)30-7-16/h4-5,7-9,11-12,14,20H,6,10,13H2,1-3H3,(H,31,32,33)/t14-,20-/m1/s1. The third-order valence-corrected chi connectivity index (χ3v) is 6.20. The van der Waals surface area contributed by atoms with E-state index in [1.807, 2.05) is 13.0 Å². The van der Waals surface area contributed by atoms with E-state index in [0.717, 1.165) is 10.6 Å². The minimum atomic E-state index is -4.58. The Morgan fingerprint density at radius 1 is 1.14 bits per heavy atom. The molecule has 4 rings (SSSR count). The molecule has 0 saturated carbocycles. The molecule has 1 saturated heterocycles. The van der Waals surface area contributed by atoms with Crippen molar-refractivity contribution >= 4 is 11.9 Å². The number of nitrogens with zero attached hydrogens (tertiary/aromatic N) is 5. The number of carbonyl (C=O) groups is 1. The van der Waals surface area contributed by atoms with Crippen LogP contribution in [-0.4, -0.2) is 55.4 Å². The lowest BCUT2D eigenvalue weighted by atomic mass is 9.87. The Labute approximate surface area is 204 Å². The fourth-order valence-electron chi connectivity index (χ4n) is 4.41. The summed E-state index contributed by atoms with van der Waals surface area (Å²) >= 11 is 0. The lowest BCUT2D eigenvalue weighted by Gasteiger charge is -2.43. The first kappa shape index (κ1) is 25.5. The summed E-state index contributed by atoms with van der Waals surface area (Å²) in [4.78, 5) is 26.4. The molecule has 36 heavy (non-hydrogen) atoms. The van der Waals surface area contributed by atoms with Gasteiger partial charge in [0.05, 0.1) is 23.7 Å². The molecule has 1 N–H and O–H groups in total. The summed E-state index contributed by atoms with van der Waals surface area (Å²) < 4.78 is 69.2. The second-order valence-electron chi connectivity index (χ2n) is 9.15. The molecule has 192 valence electrons. The number of likely N-dealkylation sites (tertiary alicyclic amines) is 1. The van der Waals surface area contributed by atoms with Crippen LogP contribution >= 0.6 is 0 Å². The van der Waals surface area contributed by atoms with Crippen LogP contribution < -0.4 is 5.32 Å². The first-order chi connectivity index (χ1) is 16.8. The molecule has 4 heterocycles. The Bertz CT molecular complexity index is 1220. The molecule has 0 aliphatic carbocycles. The Kier molecular flexibility index (Phi) is 6.72. The average molecular weight is 508 g/mol. The van der Waals surface area contributed by atoms with Crippen LogP contribution in [0.15, 0.2) is 43.1 Å². The summed E-state index contributed by atoms with van der Waals surface area (Å²) in [5.41, 5.74) is 1.29. The lowest BCUT2D eigenvalue weighted by molar-refractivity contribution is -0.138. The van der Waals surface area contributed by atoms with Crippen molar-refractivity contribution < 1.29 is 26.7 Å². The third kappa shape index (κ3) is 5.47. The van der Waals surface area contributed by atoms with E-state index in [4.69, 9.17) is 0 Å². The van der Waals surface area contributed by atoms with Crippen molar-refractivity contribution in [3.63, 3.8) is 0 Å². The third-order valence-electron chi connectivity index (χ3n) is 6.20. The molecule has 0 aromatic carbocycles. The van der Waals surface area contributed by atoms with Crippen LogP contribution in [0.3, 0.4) is 0 Å². The summed E-state index contributed by atoms with van der Waals surface area (Å²) in [5.74, 6) is -4.35. The van der Waals surface area contributed by atoms with Gasteiger partial charge in [0, 0.05) is 67.8 Å². The highest BCUT2D eigenvalue weighted by Crippen LogP contribution is 2.36. The van der Waals surface area contributed by atoms with Crippen LogP contribution in [0.1, 0.15) is 35.0 Å². The van der Waals surface area contributed by atoms with E-state index in [1.54, 1.807) is 43.2 Å². The van der Waals surface area contributed by atoms with Gasteiger partial charge in [-0.05, 0) is 18.9 Å². The van der Waals surface area contributed by atoms with Crippen LogP contribution in [0.25, 0.3) is 11.1 Å². The second kappa shape index (κ2) is 9.47. The summed E-state index contributed by atoms with van der Waals surface area (Å²) in [5, 5.41) is 2.80.